The van der Waals surface area contributed by atoms with Crippen LogP contribution in [-0.4, -0.2) is 177 Å². The number of nitrogens with zero attached hydrogens (tertiary/aromatic N) is 10. The van der Waals surface area contributed by atoms with Crippen molar-refractivity contribution in [3.05, 3.63) is 46.0 Å². The molecule has 0 saturated carbocycles. The molecule has 40 nitrogen and oxygen atoms in total. The molecule has 0 aromatic carbocycles. The third kappa shape index (κ3) is 12.3. The van der Waals surface area contributed by atoms with Crippen LogP contribution in [0, 0.1) is 5.92 Å². The van der Waals surface area contributed by atoms with E-state index in [2.05, 4.69) is 53.8 Å². The topological polar surface area (TPSA) is 571 Å². The number of aromatic amines is 2. The average Bonchev–Trinajstić information content (AvgIpc) is 4.43. The predicted molar refractivity (Wildman–Crippen MR) is 260 cm³/mol. The van der Waals surface area contributed by atoms with Crippen LogP contribution >= 0.6 is 31.3 Å². The van der Waals surface area contributed by atoms with Crippen molar-refractivity contribution in [3.8, 4) is 0 Å². The van der Waals surface area contributed by atoms with Crippen LogP contribution in [0.15, 0.2) is 34.9 Å². The third-order valence-electron chi connectivity index (χ3n) is 12.6. The van der Waals surface area contributed by atoms with E-state index in [0.717, 1.165) is 30.7 Å². The number of aryl methyl sites for hydroxylation is 1. The summed E-state index contributed by atoms with van der Waals surface area (Å²) in [5.41, 5.74) is 15.7. The molecular weight excluding hydrogens is 1160 g/mol. The lowest BCUT2D eigenvalue weighted by Crippen LogP contribution is -2.45. The summed E-state index contributed by atoms with van der Waals surface area (Å²) in [6.07, 6.45) is -13.2. The lowest BCUT2D eigenvalue weighted by Gasteiger charge is -2.26. The lowest BCUT2D eigenvalue weighted by atomic mass is 9.94. The molecule has 0 bridgehead atoms. The SMILES string of the molecule is CO[C@@H]1[C@H](OP(=O)(O)OC[C@H]2O[C@@H](n3cnc4c(=O)[nH]c(N)nc43)[C@H](O)[C@@H]2O)C(COP(=O)(O)OP(=O)(O)OP(=O)(O)OC[C@H]2O[C@@H]([n+]3cn(C)c4c(=O)[nH]c(N)nc43)[C@H](O)[C@@H]2CCNC(C)=O)O[C@H]1n1cnc2c(N)ncnc21. The number of aromatic nitrogens is 12. The summed E-state index contributed by atoms with van der Waals surface area (Å²) in [5, 5.41) is 35.8. The first kappa shape index (κ1) is 59.0. The van der Waals surface area contributed by atoms with Gasteiger partial charge in [-0.15, -0.1) is 0 Å². The Labute approximate surface area is 445 Å². The number of anilines is 3. The number of aliphatic hydroxyl groups excluding tert-OH is 3. The Kier molecular flexibility index (Phi) is 16.7. The molecule has 0 aliphatic carbocycles. The Hall–Kier alpha value is -5.64. The fourth-order valence-electron chi connectivity index (χ4n) is 9.15. The number of hydrogen-bond acceptors (Lipinski definition) is 29. The summed E-state index contributed by atoms with van der Waals surface area (Å²) >= 11 is 0. The summed E-state index contributed by atoms with van der Waals surface area (Å²) in [6, 6.07) is 0. The summed E-state index contributed by atoms with van der Waals surface area (Å²) in [6.45, 7) is -2.08. The summed E-state index contributed by atoms with van der Waals surface area (Å²) < 4.78 is 111. The molecular formula is C36H51N16O24P4+. The zero-order chi connectivity index (χ0) is 58.0. The van der Waals surface area contributed by atoms with Crippen molar-refractivity contribution >= 4 is 88.4 Å². The van der Waals surface area contributed by atoms with Crippen LogP contribution in [-0.2, 0) is 75.8 Å². The predicted octanol–water partition coefficient (Wildman–Crippen LogP) is -3.93. The third-order valence-corrected chi connectivity index (χ3v) is 17.8. The van der Waals surface area contributed by atoms with Gasteiger partial charge in [0.1, 0.15) is 54.6 Å². The quantitative estimate of drug-likeness (QED) is 0.0228. The van der Waals surface area contributed by atoms with Gasteiger partial charge in [-0.25, -0.2) is 42.8 Å². The Morgan fingerprint density at radius 1 is 0.738 bits per heavy atom. The van der Waals surface area contributed by atoms with Crippen molar-refractivity contribution in [2.24, 2.45) is 13.0 Å². The molecule has 1 amide bonds. The van der Waals surface area contributed by atoms with Gasteiger partial charge in [-0.2, -0.15) is 13.6 Å². The lowest BCUT2D eigenvalue weighted by molar-refractivity contribution is -0.745. The highest BCUT2D eigenvalue weighted by Crippen LogP contribution is 2.68. The van der Waals surface area contributed by atoms with E-state index in [4.69, 9.17) is 54.2 Å². The first-order valence-corrected chi connectivity index (χ1v) is 29.1. The maximum absolute atomic E-state index is 13.7. The highest BCUT2D eigenvalue weighted by atomic mass is 31.3. The Balaban J connectivity index is 0.874. The van der Waals surface area contributed by atoms with Crippen molar-refractivity contribution < 1.29 is 108 Å². The molecule has 3 saturated heterocycles. The summed E-state index contributed by atoms with van der Waals surface area (Å²) in [7, 11) is -20.9. The minimum absolute atomic E-state index is 0.00698. The molecule has 0 radical (unpaired) electrons. The second-order valence-corrected chi connectivity index (χ2v) is 24.0. The number of H-pyrrole nitrogens is 2. The average molecular weight is 1220 g/mol. The van der Waals surface area contributed by atoms with Crippen molar-refractivity contribution in [1.82, 2.24) is 58.9 Å². The zero-order valence-corrected chi connectivity index (χ0v) is 44.9. The molecule has 16 N–H and O–H groups in total. The number of nitrogens with one attached hydrogen (secondary N) is 3. The number of imidazole rings is 3. The molecule has 3 fully saturated rings. The molecule has 3 aliphatic heterocycles. The van der Waals surface area contributed by atoms with Gasteiger partial charge in [0.15, 0.2) is 41.4 Å². The highest BCUT2D eigenvalue weighted by molar-refractivity contribution is 7.66. The Bertz CT molecular complexity index is 3640. The monoisotopic (exact) mass is 1220 g/mol. The molecule has 9 rings (SSSR count). The van der Waals surface area contributed by atoms with Gasteiger partial charge in [0.05, 0.1) is 45.6 Å². The number of rotatable bonds is 22. The number of fused-ring (bicyclic) bond motifs is 3. The number of nitrogen functional groups attached to an aromatic ring is 3. The van der Waals surface area contributed by atoms with Crippen molar-refractivity contribution in [1.29, 1.82) is 0 Å². The van der Waals surface area contributed by atoms with E-state index in [-0.39, 0.29) is 64.2 Å². The van der Waals surface area contributed by atoms with E-state index in [1.807, 2.05) is 0 Å². The van der Waals surface area contributed by atoms with Gasteiger partial charge < -0.3 is 76.4 Å². The van der Waals surface area contributed by atoms with E-state index < -0.39 is 142 Å². The minimum Gasteiger partial charge on any atom is -0.387 e. The van der Waals surface area contributed by atoms with Crippen molar-refractivity contribution in [2.45, 2.75) is 80.9 Å². The van der Waals surface area contributed by atoms with Gasteiger partial charge in [-0.3, -0.25) is 56.1 Å². The molecule has 6 aromatic rings. The maximum Gasteiger partial charge on any atom is 0.490 e. The fourth-order valence-corrected chi connectivity index (χ4v) is 13.6. The second kappa shape index (κ2) is 22.6. The van der Waals surface area contributed by atoms with E-state index in [1.54, 1.807) is 0 Å². The standard InChI is InChI=1S/C36H50N16O24P4/c1-13(53)40-5-4-14-15(71-32(21(14)54)52-12-49(2)20-29(52)46-36(39)48-31(20)58)6-69-78(61,62)75-80(65,66)76-79(63,64)70-8-17-24(25(67-3)34(73-17)50-10-43-18-26(37)41-9-42-27(18)50)74-77(59,60)68-7-16-22(55)23(56)33(72-16)51-11-44-19-28(51)45-35(38)47-30(19)57/h9-12,14-17,21-25,32-34,54-56H,4-8H2,1-3H3,(H12-,37,38,39,40,41,42,45,46,47,48,53,57,58,59,60,61,62,63,64,65,66)/p+1/t14-,15-,16-,17?,21-,22-,23-,24-,25-,32-,33-,34-/m1/s1. The van der Waals surface area contributed by atoms with Crippen LogP contribution in [0.5, 0.6) is 0 Å². The molecule has 3 aliphatic rings. The minimum atomic E-state index is -6.22. The van der Waals surface area contributed by atoms with Gasteiger partial charge >= 0.3 is 36.9 Å². The van der Waals surface area contributed by atoms with Gasteiger partial charge in [0, 0.05) is 26.5 Å². The Morgan fingerprint density at radius 3 is 2.01 bits per heavy atom. The van der Waals surface area contributed by atoms with Crippen LogP contribution in [0.1, 0.15) is 32.0 Å². The number of carbonyl (C=O) groups excluding carboxylic acids is 1. The van der Waals surface area contributed by atoms with E-state index >= 15 is 0 Å². The smallest absolute Gasteiger partial charge is 0.387 e. The number of phosphoric ester groups is 3. The van der Waals surface area contributed by atoms with Gasteiger partial charge in [-0.05, 0) is 6.42 Å². The van der Waals surface area contributed by atoms with Gasteiger partial charge in [0.25, 0.3) is 17.1 Å². The van der Waals surface area contributed by atoms with Gasteiger partial charge in [0.2, 0.25) is 23.6 Å². The van der Waals surface area contributed by atoms with E-state index in [9.17, 15) is 67.5 Å². The largest absolute Gasteiger partial charge is 0.490 e. The number of hydrogen-bond donors (Lipinski definition) is 13. The molecule has 6 aromatic heterocycles. The van der Waals surface area contributed by atoms with Crippen LogP contribution in [0.3, 0.4) is 0 Å². The summed E-state index contributed by atoms with van der Waals surface area (Å²) in [4.78, 5) is 108. The molecule has 5 unspecified atom stereocenters. The molecule has 0 spiro atoms. The van der Waals surface area contributed by atoms with Crippen LogP contribution in [0.4, 0.5) is 17.7 Å². The molecule has 9 heterocycles. The number of ether oxygens (including phenoxy) is 4. The zero-order valence-electron chi connectivity index (χ0n) is 41.3. The molecule has 80 heavy (non-hydrogen) atoms. The van der Waals surface area contributed by atoms with E-state index in [1.165, 1.54) is 34.0 Å². The van der Waals surface area contributed by atoms with Crippen LogP contribution < -0.4 is 38.2 Å². The number of aliphatic hydroxyl groups is 3. The molecule has 438 valence electrons. The number of nitrogens with two attached hydrogens (primary N) is 3. The van der Waals surface area contributed by atoms with Crippen molar-refractivity contribution in [2.75, 3.05) is 50.7 Å². The maximum atomic E-state index is 13.7. The van der Waals surface area contributed by atoms with Crippen molar-refractivity contribution in [3.63, 3.8) is 0 Å². The Morgan fingerprint density at radius 2 is 1.34 bits per heavy atom. The second-order valence-electron chi connectivity index (χ2n) is 17.9. The number of amides is 1. The van der Waals surface area contributed by atoms with Gasteiger partial charge in [-0.1, -0.05) is 4.98 Å². The van der Waals surface area contributed by atoms with Crippen LogP contribution in [0.25, 0.3) is 33.5 Å². The highest BCUT2D eigenvalue weighted by Gasteiger charge is 2.54. The normalized spacial score (nSPS) is 29.2. The first-order valence-electron chi connectivity index (χ1n) is 23.1. The molecule has 44 heteroatoms. The summed E-state index contributed by atoms with van der Waals surface area (Å²) in [5.74, 6) is -2.17. The fraction of sp³-hybridized carbons (Fsp3) is 0.556. The first-order chi connectivity index (χ1) is 37.6. The number of phosphoric acid groups is 4. The van der Waals surface area contributed by atoms with Crippen LogP contribution in [0.2, 0.25) is 0 Å². The van der Waals surface area contributed by atoms with E-state index in [0.29, 0.717) is 0 Å². The number of methoxy groups -OCH3 is 1. The number of carbonyl (C=O) groups is 1. The molecule has 16 atom stereocenters.